The summed E-state index contributed by atoms with van der Waals surface area (Å²) in [4.78, 5) is 49.8. The molecule has 2 amide bonds. The second-order valence-electron chi connectivity index (χ2n) is 8.71. The number of nitrogens with one attached hydrogen (secondary N) is 2. The minimum Gasteiger partial charge on any atom is -0.480 e. The van der Waals surface area contributed by atoms with Gasteiger partial charge < -0.3 is 20.5 Å². The highest BCUT2D eigenvalue weighted by atomic mass is 79.9. The van der Waals surface area contributed by atoms with Gasteiger partial charge >= 0.3 is 5.97 Å². The van der Waals surface area contributed by atoms with Crippen molar-refractivity contribution >= 4 is 39.5 Å². The van der Waals surface area contributed by atoms with Gasteiger partial charge in [0, 0.05) is 10.0 Å². The average Bonchev–Trinajstić information content (AvgIpc) is 2.68. The van der Waals surface area contributed by atoms with Crippen LogP contribution in [0.4, 0.5) is 0 Å². The summed E-state index contributed by atoms with van der Waals surface area (Å²) in [6.45, 7) is 8.24. The summed E-state index contributed by atoms with van der Waals surface area (Å²) in [5, 5.41) is 14.3. The molecule has 0 aliphatic carbocycles. The number of ketones is 1. The van der Waals surface area contributed by atoms with Crippen LogP contribution in [0.5, 0.6) is 0 Å². The second kappa shape index (κ2) is 12.7. The molecule has 0 aliphatic heterocycles. The first-order chi connectivity index (χ1) is 14.8. The first kappa shape index (κ1) is 27.7. The number of ether oxygens (including phenoxy) is 1. The van der Waals surface area contributed by atoms with Gasteiger partial charge in [0.15, 0.2) is 5.78 Å². The van der Waals surface area contributed by atoms with Gasteiger partial charge in [-0.25, -0.2) is 4.79 Å². The van der Waals surface area contributed by atoms with Gasteiger partial charge in [0.05, 0.1) is 25.2 Å². The van der Waals surface area contributed by atoms with Gasteiger partial charge in [0.1, 0.15) is 12.8 Å². The van der Waals surface area contributed by atoms with Crippen LogP contribution in [0, 0.1) is 5.92 Å². The number of rotatable bonds is 12. The van der Waals surface area contributed by atoms with E-state index >= 15 is 0 Å². The number of carboxylic acids is 1. The van der Waals surface area contributed by atoms with Gasteiger partial charge in [-0.2, -0.15) is 0 Å². The van der Waals surface area contributed by atoms with E-state index in [1.807, 2.05) is 20.8 Å². The number of carbonyl (C=O) groups excluding carboxylic acids is 3. The highest BCUT2D eigenvalue weighted by Gasteiger charge is 2.25. The zero-order chi connectivity index (χ0) is 24.5. The zero-order valence-corrected chi connectivity index (χ0v) is 20.7. The Hall–Kier alpha value is -2.30. The Bertz CT molecular complexity index is 805. The molecular weight excluding hydrogens is 482 g/mol. The third-order valence-corrected chi connectivity index (χ3v) is 4.80. The van der Waals surface area contributed by atoms with Crippen molar-refractivity contribution in [3.8, 4) is 0 Å². The molecule has 1 aromatic carbocycles. The van der Waals surface area contributed by atoms with E-state index in [1.54, 1.807) is 38.1 Å². The Morgan fingerprint density at radius 2 is 1.62 bits per heavy atom. The number of hydrogen-bond donors (Lipinski definition) is 3. The van der Waals surface area contributed by atoms with Crippen molar-refractivity contribution in [2.75, 3.05) is 26.4 Å². The van der Waals surface area contributed by atoms with E-state index in [1.165, 1.54) is 4.90 Å². The van der Waals surface area contributed by atoms with Crippen LogP contribution in [0.15, 0.2) is 28.7 Å². The smallest absolute Gasteiger partial charge is 0.326 e. The SMILES string of the molecule is CC(C)C(NC(=O)CN(COC(C)(C)C)CC(=O)NCC(=O)c1ccc(Br)cc1)C(=O)O. The van der Waals surface area contributed by atoms with Gasteiger partial charge in [0.2, 0.25) is 11.8 Å². The molecule has 0 spiro atoms. The summed E-state index contributed by atoms with van der Waals surface area (Å²) >= 11 is 3.30. The van der Waals surface area contributed by atoms with Crippen LogP contribution in [0.2, 0.25) is 0 Å². The summed E-state index contributed by atoms with van der Waals surface area (Å²) in [6, 6.07) is 5.74. The highest BCUT2D eigenvalue weighted by molar-refractivity contribution is 9.10. The number of amides is 2. The van der Waals surface area contributed by atoms with E-state index in [0.717, 1.165) is 4.47 Å². The predicted molar refractivity (Wildman–Crippen MR) is 123 cm³/mol. The Balaban J connectivity index is 2.70. The van der Waals surface area contributed by atoms with Gasteiger partial charge in [-0.3, -0.25) is 19.3 Å². The molecular formula is C22H32BrN3O6. The van der Waals surface area contributed by atoms with E-state index in [2.05, 4.69) is 26.6 Å². The van der Waals surface area contributed by atoms with Crippen molar-refractivity contribution in [2.24, 2.45) is 5.92 Å². The molecule has 9 nitrogen and oxygen atoms in total. The average molecular weight is 514 g/mol. The summed E-state index contributed by atoms with van der Waals surface area (Å²) in [5.41, 5.74) is -0.0428. The quantitative estimate of drug-likeness (QED) is 0.288. The molecule has 1 rings (SSSR count). The normalized spacial score (nSPS) is 12.5. The minimum absolute atomic E-state index is 0.0234. The lowest BCUT2D eigenvalue weighted by atomic mass is 10.0. The molecule has 0 bridgehead atoms. The van der Waals surface area contributed by atoms with Crippen molar-refractivity contribution in [3.05, 3.63) is 34.3 Å². The van der Waals surface area contributed by atoms with E-state index in [9.17, 15) is 24.3 Å². The number of halogens is 1. The number of Topliss-reactive ketones (excluding diaryl/α,β-unsaturated/α-hetero) is 1. The molecule has 178 valence electrons. The lowest BCUT2D eigenvalue weighted by molar-refractivity contribution is -0.144. The molecule has 1 atom stereocenters. The molecule has 1 unspecified atom stereocenters. The number of aliphatic carboxylic acids is 1. The lowest BCUT2D eigenvalue weighted by Crippen LogP contribution is -2.50. The summed E-state index contributed by atoms with van der Waals surface area (Å²) in [6.07, 6.45) is 0. The summed E-state index contributed by atoms with van der Waals surface area (Å²) in [5.74, 6) is -2.68. The standard InChI is InChI=1S/C22H32BrN3O6/c1-14(2)20(21(30)31)25-19(29)12-26(13-32-22(3,4)5)11-18(28)24-10-17(27)15-6-8-16(23)9-7-15/h6-9,14,20H,10-13H2,1-5H3,(H,24,28)(H,25,29)(H,30,31). The number of benzene rings is 1. The fourth-order valence-electron chi connectivity index (χ4n) is 2.54. The number of hydrogen-bond acceptors (Lipinski definition) is 6. The maximum Gasteiger partial charge on any atom is 0.326 e. The topological polar surface area (TPSA) is 125 Å². The number of carbonyl (C=O) groups is 4. The predicted octanol–water partition coefficient (Wildman–Crippen LogP) is 2.05. The molecule has 0 radical (unpaired) electrons. The summed E-state index contributed by atoms with van der Waals surface area (Å²) < 4.78 is 6.52. The maximum atomic E-state index is 12.4. The highest BCUT2D eigenvalue weighted by Crippen LogP contribution is 2.11. The third kappa shape index (κ3) is 10.8. The molecule has 0 aliphatic rings. The fourth-order valence-corrected chi connectivity index (χ4v) is 2.81. The van der Waals surface area contributed by atoms with Crippen LogP contribution in [0.25, 0.3) is 0 Å². The molecule has 0 aromatic heterocycles. The van der Waals surface area contributed by atoms with Crippen LogP contribution >= 0.6 is 15.9 Å². The largest absolute Gasteiger partial charge is 0.480 e. The van der Waals surface area contributed by atoms with Gasteiger partial charge in [-0.1, -0.05) is 41.9 Å². The zero-order valence-electron chi connectivity index (χ0n) is 19.1. The van der Waals surface area contributed by atoms with Crippen molar-refractivity contribution in [1.29, 1.82) is 0 Å². The maximum absolute atomic E-state index is 12.4. The van der Waals surface area contributed by atoms with E-state index in [0.29, 0.717) is 5.56 Å². The van der Waals surface area contributed by atoms with Crippen LogP contribution < -0.4 is 10.6 Å². The first-order valence-corrected chi connectivity index (χ1v) is 11.0. The molecule has 10 heteroatoms. The number of carboxylic acid groups (broad SMARTS) is 1. The van der Waals surface area contributed by atoms with Gasteiger partial charge in [-0.15, -0.1) is 0 Å². The lowest BCUT2D eigenvalue weighted by Gasteiger charge is -2.27. The third-order valence-electron chi connectivity index (χ3n) is 4.28. The van der Waals surface area contributed by atoms with Crippen LogP contribution in [-0.4, -0.2) is 71.6 Å². The van der Waals surface area contributed by atoms with Crippen molar-refractivity contribution < 1.29 is 29.0 Å². The molecule has 32 heavy (non-hydrogen) atoms. The minimum atomic E-state index is -1.13. The molecule has 0 saturated carbocycles. The Morgan fingerprint density at radius 1 is 1.06 bits per heavy atom. The van der Waals surface area contributed by atoms with Crippen LogP contribution in [0.1, 0.15) is 45.0 Å². The van der Waals surface area contributed by atoms with Gasteiger partial charge in [-0.05, 0) is 38.8 Å². The Labute approximate surface area is 197 Å². The van der Waals surface area contributed by atoms with E-state index in [4.69, 9.17) is 4.74 Å². The molecule has 0 saturated heterocycles. The molecule has 1 aromatic rings. The van der Waals surface area contributed by atoms with Crippen molar-refractivity contribution in [2.45, 2.75) is 46.3 Å². The van der Waals surface area contributed by atoms with Crippen molar-refractivity contribution in [3.63, 3.8) is 0 Å². The number of nitrogens with zero attached hydrogens (tertiary/aromatic N) is 1. The van der Waals surface area contributed by atoms with Crippen LogP contribution in [0.3, 0.4) is 0 Å². The summed E-state index contributed by atoms with van der Waals surface area (Å²) in [7, 11) is 0. The fraction of sp³-hybridized carbons (Fsp3) is 0.545. The van der Waals surface area contributed by atoms with E-state index < -0.39 is 29.4 Å². The monoisotopic (exact) mass is 513 g/mol. The van der Waals surface area contributed by atoms with Crippen molar-refractivity contribution in [1.82, 2.24) is 15.5 Å². The molecule has 3 N–H and O–H groups in total. The Morgan fingerprint density at radius 3 is 2.12 bits per heavy atom. The van der Waals surface area contributed by atoms with Gasteiger partial charge in [0.25, 0.3) is 0 Å². The first-order valence-electron chi connectivity index (χ1n) is 10.2. The Kier molecular flexibility index (Phi) is 11.0. The second-order valence-corrected chi connectivity index (χ2v) is 9.62. The molecule has 0 fully saturated rings. The molecule has 0 heterocycles. The van der Waals surface area contributed by atoms with E-state index in [-0.39, 0.29) is 38.1 Å². The van der Waals surface area contributed by atoms with Crippen LogP contribution in [-0.2, 0) is 19.1 Å².